The standard InChI is InChI=1S/2C7H9O.Fe/c2*8-6-5-7-3-1-2-4-7;/h2*1-4,8H,5-6H2;/q-5;-1;. The Bertz CT molecular complexity index is 302. The van der Waals surface area contributed by atoms with E-state index in [4.69, 9.17) is 10.2 Å². The third-order valence-electron chi connectivity index (χ3n) is 2.26. The Hall–Kier alpha value is -0.861. The van der Waals surface area contributed by atoms with Crippen LogP contribution in [0.15, 0.2) is 48.5 Å². The molecule has 0 saturated carbocycles. The van der Waals surface area contributed by atoms with E-state index in [1.807, 2.05) is 48.5 Å². The van der Waals surface area contributed by atoms with Gasteiger partial charge in [-0.1, -0.05) is 6.42 Å². The maximum atomic E-state index is 8.44. The fraction of sp³-hybridized carbons (Fsp3) is 0.286. The fourth-order valence-electron chi connectivity index (χ4n) is 1.42. The number of aliphatic hydroxyl groups excluding tert-OH is 2. The molecule has 0 amide bonds. The largest absolute Gasteiger partial charge is 0.748 e. The van der Waals surface area contributed by atoms with Crippen molar-refractivity contribution >= 4 is 0 Å². The Labute approximate surface area is 113 Å². The predicted octanol–water partition coefficient (Wildman–Crippen LogP) is 1.88. The summed E-state index contributed by atoms with van der Waals surface area (Å²) in [6.45, 7) is 0.508. The summed E-state index contributed by atoms with van der Waals surface area (Å²) in [7, 11) is 0. The van der Waals surface area contributed by atoms with E-state index in [1.54, 1.807) is 0 Å². The van der Waals surface area contributed by atoms with Crippen LogP contribution in [-0.2, 0) is 29.9 Å². The molecule has 100 valence electrons. The van der Waals surface area contributed by atoms with Crippen molar-refractivity contribution in [3.8, 4) is 0 Å². The zero-order valence-electron chi connectivity index (χ0n) is 9.70. The maximum absolute atomic E-state index is 8.44. The van der Waals surface area contributed by atoms with Crippen LogP contribution < -0.4 is 0 Å². The molecule has 0 spiro atoms. The first-order valence-corrected chi connectivity index (χ1v) is 5.49. The van der Waals surface area contributed by atoms with Crippen molar-refractivity contribution in [2.24, 2.45) is 0 Å². The molecular formula is C14H18FeO2-6. The van der Waals surface area contributed by atoms with Crippen LogP contribution in [0, 0.1) is 0 Å². The molecule has 3 heteroatoms. The van der Waals surface area contributed by atoms with Crippen LogP contribution in [0.5, 0.6) is 0 Å². The van der Waals surface area contributed by atoms with Gasteiger partial charge in [-0.25, -0.2) is 12.1 Å². The minimum absolute atomic E-state index is 0. The van der Waals surface area contributed by atoms with Gasteiger partial charge >= 0.3 is 0 Å². The second-order valence-electron chi connectivity index (χ2n) is 3.53. The van der Waals surface area contributed by atoms with Gasteiger partial charge in [-0.05, 0) is 0 Å². The van der Waals surface area contributed by atoms with E-state index in [0.717, 1.165) is 12.8 Å². The minimum Gasteiger partial charge on any atom is -0.748 e. The molecule has 0 saturated heterocycles. The van der Waals surface area contributed by atoms with E-state index in [2.05, 4.69) is 0 Å². The summed E-state index contributed by atoms with van der Waals surface area (Å²) in [5.74, 6) is 0. The minimum atomic E-state index is 0. The molecule has 2 rings (SSSR count). The molecule has 0 atom stereocenters. The molecule has 17 heavy (non-hydrogen) atoms. The Morgan fingerprint density at radius 1 is 0.882 bits per heavy atom. The second-order valence-corrected chi connectivity index (χ2v) is 3.53. The molecule has 2 aromatic rings. The molecule has 0 aliphatic rings. The van der Waals surface area contributed by atoms with Crippen LogP contribution in [0.2, 0.25) is 0 Å². The molecule has 0 aliphatic heterocycles. The summed E-state index contributed by atoms with van der Waals surface area (Å²) in [5.41, 5.74) is 2.43. The summed E-state index contributed by atoms with van der Waals surface area (Å²) >= 11 is 0. The second kappa shape index (κ2) is 10.3. The summed E-state index contributed by atoms with van der Waals surface area (Å²) < 4.78 is 0. The van der Waals surface area contributed by atoms with Gasteiger partial charge in [0.2, 0.25) is 0 Å². The molecule has 0 radical (unpaired) electrons. The van der Waals surface area contributed by atoms with Gasteiger partial charge < -0.3 is 40.0 Å². The maximum Gasteiger partial charge on any atom is 0.0366 e. The SMILES string of the molecule is OCC[c-]1[cH-][cH-][cH-][cH-]1.OCC[c-]1cccc1.[Fe]. The van der Waals surface area contributed by atoms with E-state index in [0.29, 0.717) is 0 Å². The average Bonchev–Trinajstić information content (AvgIpc) is 2.92. The zero-order chi connectivity index (χ0) is 11.6. The first-order valence-electron chi connectivity index (χ1n) is 5.49. The topological polar surface area (TPSA) is 40.5 Å². The summed E-state index contributed by atoms with van der Waals surface area (Å²) in [5, 5.41) is 16.9. The summed E-state index contributed by atoms with van der Waals surface area (Å²) in [6, 6.07) is 15.9. The normalized spacial score (nSPS) is 9.06. The Morgan fingerprint density at radius 3 is 1.88 bits per heavy atom. The number of aliphatic hydroxyl groups is 2. The first kappa shape index (κ1) is 16.1. The van der Waals surface area contributed by atoms with E-state index in [1.165, 1.54) is 11.1 Å². The fourth-order valence-corrected chi connectivity index (χ4v) is 1.42. The van der Waals surface area contributed by atoms with Crippen molar-refractivity contribution in [2.45, 2.75) is 12.8 Å². The monoisotopic (exact) mass is 274 g/mol. The average molecular weight is 274 g/mol. The quantitative estimate of drug-likeness (QED) is 0.660. The molecule has 2 N–H and O–H groups in total. The van der Waals surface area contributed by atoms with Crippen LogP contribution in [0.3, 0.4) is 0 Å². The molecule has 0 aromatic heterocycles. The van der Waals surface area contributed by atoms with Gasteiger partial charge in [-0.2, -0.15) is 24.1 Å². The number of hydrogen-bond acceptors (Lipinski definition) is 2. The smallest absolute Gasteiger partial charge is 0.0366 e. The number of rotatable bonds is 4. The molecule has 0 unspecified atom stereocenters. The van der Waals surface area contributed by atoms with E-state index < -0.39 is 0 Å². The van der Waals surface area contributed by atoms with Gasteiger partial charge in [0.05, 0.1) is 0 Å². The molecule has 0 heterocycles. The molecule has 0 aliphatic carbocycles. The van der Waals surface area contributed by atoms with Crippen LogP contribution in [0.4, 0.5) is 0 Å². The third kappa shape index (κ3) is 7.14. The molecule has 2 aromatic carbocycles. The third-order valence-corrected chi connectivity index (χ3v) is 2.26. The Kier molecular flexibility index (Phi) is 9.78. The van der Waals surface area contributed by atoms with Crippen LogP contribution in [-0.4, -0.2) is 23.4 Å². The van der Waals surface area contributed by atoms with Crippen molar-refractivity contribution in [1.29, 1.82) is 0 Å². The zero-order valence-corrected chi connectivity index (χ0v) is 10.8. The van der Waals surface area contributed by atoms with E-state index in [9.17, 15) is 0 Å². The van der Waals surface area contributed by atoms with Gasteiger partial charge in [-0.3, -0.25) is 0 Å². The van der Waals surface area contributed by atoms with Crippen molar-refractivity contribution in [2.75, 3.05) is 13.2 Å². The van der Waals surface area contributed by atoms with Crippen LogP contribution in [0.25, 0.3) is 0 Å². The Morgan fingerprint density at radius 2 is 1.41 bits per heavy atom. The molecule has 2 nitrogen and oxygen atoms in total. The summed E-state index contributed by atoms with van der Waals surface area (Å²) in [6.07, 6.45) is 1.57. The van der Waals surface area contributed by atoms with E-state index >= 15 is 0 Å². The first-order chi connectivity index (χ1) is 7.86. The van der Waals surface area contributed by atoms with Gasteiger partial charge in [0.1, 0.15) is 0 Å². The Balaban J connectivity index is 0.000000284. The van der Waals surface area contributed by atoms with Crippen molar-refractivity contribution in [3.63, 3.8) is 0 Å². The molecule has 0 fully saturated rings. The van der Waals surface area contributed by atoms with Crippen molar-refractivity contribution in [3.05, 3.63) is 59.7 Å². The van der Waals surface area contributed by atoms with Gasteiger partial charge in [0.25, 0.3) is 0 Å². The van der Waals surface area contributed by atoms with E-state index in [-0.39, 0.29) is 30.3 Å². The van der Waals surface area contributed by atoms with Crippen LogP contribution >= 0.6 is 0 Å². The molecular weight excluding hydrogens is 256 g/mol. The summed E-state index contributed by atoms with van der Waals surface area (Å²) in [4.78, 5) is 0. The van der Waals surface area contributed by atoms with Gasteiger partial charge in [-0.15, -0.1) is 0 Å². The van der Waals surface area contributed by atoms with Crippen molar-refractivity contribution in [1.82, 2.24) is 0 Å². The van der Waals surface area contributed by atoms with Crippen molar-refractivity contribution < 1.29 is 27.3 Å². The van der Waals surface area contributed by atoms with Gasteiger partial charge in [0.15, 0.2) is 0 Å². The predicted molar refractivity (Wildman–Crippen MR) is 65.6 cm³/mol. The molecule has 0 bridgehead atoms. The number of hydrogen-bond donors (Lipinski definition) is 2. The van der Waals surface area contributed by atoms with Gasteiger partial charge in [0, 0.05) is 30.3 Å². The van der Waals surface area contributed by atoms with Crippen LogP contribution in [0.1, 0.15) is 11.1 Å².